The average Bonchev–Trinajstić information content (AvgIpc) is 2.82. The quantitative estimate of drug-likeness (QED) is 0.786. The van der Waals surface area contributed by atoms with Crippen LogP contribution in [0.1, 0.15) is 43.0 Å². The number of hydrogen-bond acceptors (Lipinski definition) is 4. The van der Waals surface area contributed by atoms with E-state index in [4.69, 9.17) is 0 Å². The van der Waals surface area contributed by atoms with E-state index in [0.29, 0.717) is 11.8 Å². The molecule has 2 rings (SSSR count). The zero-order chi connectivity index (χ0) is 12.1. The van der Waals surface area contributed by atoms with Crippen LogP contribution in [0.15, 0.2) is 10.9 Å². The van der Waals surface area contributed by atoms with Crippen molar-refractivity contribution in [2.24, 2.45) is 0 Å². The maximum Gasteiger partial charge on any atom is 0.251 e. The fourth-order valence-electron chi connectivity index (χ4n) is 1.96. The molecule has 17 heavy (non-hydrogen) atoms. The third-order valence-corrected chi connectivity index (χ3v) is 4.17. The molecule has 0 spiro atoms. The maximum absolute atomic E-state index is 11.6. The summed E-state index contributed by atoms with van der Waals surface area (Å²) in [6.07, 6.45) is 3.44. The molecule has 0 aromatic carbocycles. The van der Waals surface area contributed by atoms with Crippen molar-refractivity contribution in [3.05, 3.63) is 27.9 Å². The Morgan fingerprint density at radius 2 is 2.53 bits per heavy atom. The highest BCUT2D eigenvalue weighted by Crippen LogP contribution is 2.37. The summed E-state index contributed by atoms with van der Waals surface area (Å²) in [7, 11) is 0. The van der Waals surface area contributed by atoms with Gasteiger partial charge >= 0.3 is 0 Å². The molecule has 5 heteroatoms. The highest BCUT2D eigenvalue weighted by atomic mass is 32.2. The number of aromatic amines is 1. The van der Waals surface area contributed by atoms with E-state index in [-0.39, 0.29) is 5.56 Å². The molecule has 0 radical (unpaired) electrons. The van der Waals surface area contributed by atoms with Crippen molar-refractivity contribution in [2.45, 2.75) is 38.0 Å². The monoisotopic (exact) mass is 253 g/mol. The van der Waals surface area contributed by atoms with Crippen molar-refractivity contribution in [3.63, 3.8) is 0 Å². The van der Waals surface area contributed by atoms with Crippen LogP contribution in [0.4, 0.5) is 0 Å². The first-order valence-corrected chi connectivity index (χ1v) is 7.27. The normalized spacial score (nSPS) is 19.7. The van der Waals surface area contributed by atoms with Gasteiger partial charge in [-0.05, 0) is 31.6 Å². The van der Waals surface area contributed by atoms with E-state index >= 15 is 0 Å². The van der Waals surface area contributed by atoms with E-state index in [2.05, 4.69) is 22.2 Å². The van der Waals surface area contributed by atoms with Crippen molar-refractivity contribution in [1.82, 2.24) is 15.3 Å². The van der Waals surface area contributed by atoms with Crippen LogP contribution < -0.4 is 10.9 Å². The van der Waals surface area contributed by atoms with Crippen LogP contribution in [-0.4, -0.2) is 22.3 Å². The fraction of sp³-hybridized carbons (Fsp3) is 0.667. The predicted octanol–water partition coefficient (Wildman–Crippen LogP) is 1.84. The van der Waals surface area contributed by atoms with E-state index in [1.807, 2.05) is 11.8 Å². The lowest BCUT2D eigenvalue weighted by molar-refractivity contribution is 0.653. The molecule has 0 aliphatic carbocycles. The second-order valence-corrected chi connectivity index (χ2v) is 5.61. The summed E-state index contributed by atoms with van der Waals surface area (Å²) >= 11 is 1.89. The van der Waals surface area contributed by atoms with Crippen molar-refractivity contribution >= 4 is 11.8 Å². The third kappa shape index (κ3) is 3.57. The standard InChI is InChI=1S/C12H19N3OS/c1-2-5-13-8-9-7-11(16)15-12(14-9)10-4-3-6-17-10/h7,10,13H,2-6,8H2,1H3,(H,14,15,16). The Morgan fingerprint density at radius 3 is 3.24 bits per heavy atom. The van der Waals surface area contributed by atoms with Gasteiger partial charge in [-0.25, -0.2) is 4.98 Å². The van der Waals surface area contributed by atoms with Gasteiger partial charge in [-0.2, -0.15) is 11.8 Å². The number of hydrogen-bond donors (Lipinski definition) is 2. The number of rotatable bonds is 5. The SMILES string of the molecule is CCCNCc1cc(=O)[nH]c(C2CCCS2)n1. The zero-order valence-corrected chi connectivity index (χ0v) is 11.0. The summed E-state index contributed by atoms with van der Waals surface area (Å²) in [5.41, 5.74) is 0.820. The van der Waals surface area contributed by atoms with E-state index < -0.39 is 0 Å². The van der Waals surface area contributed by atoms with Gasteiger partial charge in [-0.15, -0.1) is 0 Å². The van der Waals surface area contributed by atoms with E-state index in [9.17, 15) is 4.79 Å². The molecule has 1 aromatic heterocycles. The summed E-state index contributed by atoms with van der Waals surface area (Å²) in [5.74, 6) is 2.03. The summed E-state index contributed by atoms with van der Waals surface area (Å²) in [4.78, 5) is 19.0. The van der Waals surface area contributed by atoms with Crippen LogP contribution in [0.5, 0.6) is 0 Å². The summed E-state index contributed by atoms with van der Waals surface area (Å²) in [5, 5.41) is 3.66. The van der Waals surface area contributed by atoms with Gasteiger partial charge in [0.2, 0.25) is 0 Å². The summed E-state index contributed by atoms with van der Waals surface area (Å²) < 4.78 is 0. The second-order valence-electron chi connectivity index (χ2n) is 4.30. The van der Waals surface area contributed by atoms with Crippen LogP contribution in [0, 0.1) is 0 Å². The molecule has 0 amide bonds. The Labute approximate surface area is 106 Å². The molecule has 2 heterocycles. The average molecular weight is 253 g/mol. The van der Waals surface area contributed by atoms with E-state index in [0.717, 1.165) is 30.9 Å². The highest BCUT2D eigenvalue weighted by molar-refractivity contribution is 7.99. The predicted molar refractivity (Wildman–Crippen MR) is 71.3 cm³/mol. The molecule has 1 aromatic rings. The number of nitrogens with zero attached hydrogens (tertiary/aromatic N) is 1. The van der Waals surface area contributed by atoms with Gasteiger partial charge in [-0.3, -0.25) is 4.79 Å². The highest BCUT2D eigenvalue weighted by Gasteiger charge is 2.20. The van der Waals surface area contributed by atoms with Crippen LogP contribution in [0.3, 0.4) is 0 Å². The Bertz CT molecular complexity index is 412. The minimum absolute atomic E-state index is 0.0317. The molecular weight excluding hydrogens is 234 g/mol. The van der Waals surface area contributed by atoms with Crippen LogP contribution in [0.25, 0.3) is 0 Å². The first-order valence-electron chi connectivity index (χ1n) is 6.22. The van der Waals surface area contributed by atoms with Gasteiger partial charge in [-0.1, -0.05) is 6.92 Å². The van der Waals surface area contributed by atoms with Crippen molar-refractivity contribution < 1.29 is 0 Å². The van der Waals surface area contributed by atoms with Crippen molar-refractivity contribution in [2.75, 3.05) is 12.3 Å². The molecule has 1 aliphatic heterocycles. The Balaban J connectivity index is 2.08. The molecule has 94 valence electrons. The van der Waals surface area contributed by atoms with Gasteiger partial charge in [0.1, 0.15) is 5.82 Å². The molecule has 1 fully saturated rings. The molecule has 0 saturated carbocycles. The fourth-order valence-corrected chi connectivity index (χ4v) is 3.18. The number of thioether (sulfide) groups is 1. The molecule has 1 unspecified atom stereocenters. The topological polar surface area (TPSA) is 57.8 Å². The van der Waals surface area contributed by atoms with Crippen LogP contribution in [-0.2, 0) is 6.54 Å². The Morgan fingerprint density at radius 1 is 1.65 bits per heavy atom. The lowest BCUT2D eigenvalue weighted by Gasteiger charge is -2.09. The smallest absolute Gasteiger partial charge is 0.251 e. The van der Waals surface area contributed by atoms with Gasteiger partial charge in [0.15, 0.2) is 0 Å². The second kappa shape index (κ2) is 6.21. The molecular formula is C12H19N3OS. The lowest BCUT2D eigenvalue weighted by atomic mass is 10.2. The summed E-state index contributed by atoms with van der Waals surface area (Å²) in [6.45, 7) is 3.77. The number of aromatic nitrogens is 2. The molecule has 1 aliphatic rings. The molecule has 4 nitrogen and oxygen atoms in total. The zero-order valence-electron chi connectivity index (χ0n) is 10.2. The minimum atomic E-state index is -0.0317. The maximum atomic E-state index is 11.6. The molecule has 0 bridgehead atoms. The third-order valence-electron chi connectivity index (χ3n) is 2.78. The van der Waals surface area contributed by atoms with Gasteiger partial charge < -0.3 is 10.3 Å². The largest absolute Gasteiger partial charge is 0.311 e. The van der Waals surface area contributed by atoms with Crippen LogP contribution >= 0.6 is 11.8 Å². The van der Waals surface area contributed by atoms with E-state index in [1.165, 1.54) is 12.2 Å². The van der Waals surface area contributed by atoms with E-state index in [1.54, 1.807) is 6.07 Å². The van der Waals surface area contributed by atoms with Crippen molar-refractivity contribution in [1.29, 1.82) is 0 Å². The van der Waals surface area contributed by atoms with Gasteiger partial charge in [0, 0.05) is 12.6 Å². The Hall–Kier alpha value is -0.810. The minimum Gasteiger partial charge on any atom is -0.311 e. The van der Waals surface area contributed by atoms with Gasteiger partial charge in [0.05, 0.1) is 10.9 Å². The lowest BCUT2D eigenvalue weighted by Crippen LogP contribution is -2.20. The number of H-pyrrole nitrogens is 1. The molecule has 2 N–H and O–H groups in total. The molecule has 1 atom stereocenters. The summed E-state index contributed by atoms with van der Waals surface area (Å²) in [6, 6.07) is 1.59. The first kappa shape index (κ1) is 12.6. The van der Waals surface area contributed by atoms with Crippen molar-refractivity contribution in [3.8, 4) is 0 Å². The number of nitrogens with one attached hydrogen (secondary N) is 2. The first-order chi connectivity index (χ1) is 8.29. The van der Waals surface area contributed by atoms with Crippen LogP contribution in [0.2, 0.25) is 0 Å². The Kier molecular flexibility index (Phi) is 4.62. The van der Waals surface area contributed by atoms with Gasteiger partial charge in [0.25, 0.3) is 5.56 Å². The molecule has 1 saturated heterocycles.